The number of para-hydroxylation sites is 1. The molecule has 0 spiro atoms. The average Bonchev–Trinajstić information content (AvgIpc) is 3.38. The van der Waals surface area contributed by atoms with Gasteiger partial charge in [0.25, 0.3) is 0 Å². The van der Waals surface area contributed by atoms with E-state index in [1.807, 2.05) is 6.61 Å². The van der Waals surface area contributed by atoms with Crippen molar-refractivity contribution in [1.29, 1.82) is 0 Å². The van der Waals surface area contributed by atoms with Gasteiger partial charge in [-0.15, -0.1) is 0 Å². The minimum atomic E-state index is -1.62. The molecule has 0 radical (unpaired) electrons. The Morgan fingerprint density at radius 3 is 1.94 bits per heavy atom. The van der Waals surface area contributed by atoms with Gasteiger partial charge in [0.1, 0.15) is 0 Å². The third kappa shape index (κ3) is 12.5. The summed E-state index contributed by atoms with van der Waals surface area (Å²) in [6, 6.07) is 17.3. The molecule has 0 aromatic heterocycles. The van der Waals surface area contributed by atoms with Gasteiger partial charge >= 0.3 is 41.5 Å². The van der Waals surface area contributed by atoms with Crippen molar-refractivity contribution < 1.29 is 16.1 Å². The molecule has 8 heteroatoms. The number of hydrogen-bond acceptors (Lipinski definition) is 2. The van der Waals surface area contributed by atoms with Gasteiger partial charge < -0.3 is 4.74 Å². The fraction of sp³-hybridized carbons (Fsp3) is 0.500. The molecule has 1 heterocycles. The third-order valence-corrected chi connectivity index (χ3v) is 9.04. The van der Waals surface area contributed by atoms with E-state index in [4.69, 9.17) is 39.9 Å². The molecule has 1 fully saturated rings. The first-order chi connectivity index (χ1) is 17.0. The van der Waals surface area contributed by atoms with Crippen LogP contribution in [0.3, 0.4) is 0 Å². The Labute approximate surface area is 238 Å². The van der Waals surface area contributed by atoms with Crippen LogP contribution >= 0.6 is 38.2 Å². The van der Waals surface area contributed by atoms with E-state index >= 15 is 0 Å². The quantitative estimate of drug-likeness (QED) is 0.140. The van der Waals surface area contributed by atoms with Crippen LogP contribution in [0.5, 0.6) is 0 Å². The Morgan fingerprint density at radius 2 is 1.53 bits per heavy atom. The molecule has 0 N–H and O–H groups in total. The van der Waals surface area contributed by atoms with Crippen molar-refractivity contribution in [3.8, 4) is 0 Å². The molecule has 0 atom stereocenters. The SMILES string of the molecule is Cc1ccc(C(=Nc2ccccc2C(C)C)N(C)[PH+](C(C)C)C(C)C)cc1.[CH-]1CCCO1.[Cl][Cr+]([Cl])[Cl]. The topological polar surface area (TPSA) is 24.8 Å². The zero-order valence-electron chi connectivity index (χ0n) is 22.9. The summed E-state index contributed by atoms with van der Waals surface area (Å²) in [7, 11) is 16.3. The van der Waals surface area contributed by atoms with Crippen LogP contribution < -0.4 is 0 Å². The molecule has 1 aliphatic heterocycles. The second-order valence-corrected chi connectivity index (χ2v) is 19.8. The molecular weight excluding hydrogens is 570 g/mol. The van der Waals surface area contributed by atoms with E-state index in [2.05, 4.69) is 109 Å². The van der Waals surface area contributed by atoms with Gasteiger partial charge in [-0.3, -0.25) is 0 Å². The molecule has 1 aliphatic rings. The molecule has 2 aromatic carbocycles. The van der Waals surface area contributed by atoms with Crippen molar-refractivity contribution in [3.63, 3.8) is 0 Å². The Bertz CT molecular complexity index is 886. The molecule has 36 heavy (non-hydrogen) atoms. The fourth-order valence-corrected chi connectivity index (χ4v) is 7.51. The van der Waals surface area contributed by atoms with Crippen LogP contribution in [0.2, 0.25) is 0 Å². The van der Waals surface area contributed by atoms with E-state index in [9.17, 15) is 0 Å². The molecular formula is C28H43Cl3CrN2OP+. The van der Waals surface area contributed by atoms with Crippen LogP contribution in [0.1, 0.15) is 77.0 Å². The monoisotopic (exact) mass is 611 g/mol. The standard InChI is InChI=1S/C24H35N2P.C4H7O.3ClH.Cr/c1-17(2)22-11-9-10-12-23(22)25-24(21-15-13-20(7)14-16-21)26(8)27(18(3)4)19(5)6;1-2-4-5-3-1;;;;/h9-19H,1-8H3;3H,1-2,4H2;3*1H;/q;-1;;;;+4/p-2. The first-order valence-corrected chi connectivity index (χ1v) is 19.3. The Hall–Kier alpha value is -0.298. The number of halogens is 3. The summed E-state index contributed by atoms with van der Waals surface area (Å²) < 4.78 is 7.31. The van der Waals surface area contributed by atoms with E-state index in [1.54, 1.807) is 0 Å². The summed E-state index contributed by atoms with van der Waals surface area (Å²) >= 11 is -1.62. The second kappa shape index (κ2) is 18.1. The first kappa shape index (κ1) is 33.7. The van der Waals surface area contributed by atoms with Gasteiger partial charge in [-0.1, -0.05) is 68.3 Å². The van der Waals surface area contributed by atoms with Crippen molar-refractivity contribution in [2.24, 2.45) is 4.99 Å². The predicted octanol–water partition coefficient (Wildman–Crippen LogP) is 10.1. The second-order valence-electron chi connectivity index (χ2n) is 9.66. The molecule has 0 unspecified atom stereocenters. The van der Waals surface area contributed by atoms with Crippen molar-refractivity contribution in [2.45, 2.75) is 78.5 Å². The number of rotatable bonds is 6. The molecule has 3 rings (SSSR count). The summed E-state index contributed by atoms with van der Waals surface area (Å²) in [4.78, 5) is 5.23. The van der Waals surface area contributed by atoms with Gasteiger partial charge in [0.05, 0.1) is 25.1 Å². The van der Waals surface area contributed by atoms with Gasteiger partial charge in [-0.25, -0.2) is 16.3 Å². The van der Waals surface area contributed by atoms with E-state index in [1.165, 1.54) is 23.1 Å². The van der Waals surface area contributed by atoms with Gasteiger partial charge in [0.2, 0.25) is 0 Å². The zero-order valence-corrected chi connectivity index (χ0v) is 27.4. The summed E-state index contributed by atoms with van der Waals surface area (Å²) in [5, 5.41) is 0. The van der Waals surface area contributed by atoms with Crippen LogP contribution in [-0.4, -0.2) is 35.5 Å². The number of aryl methyl sites for hydroxylation is 1. The van der Waals surface area contributed by atoms with Gasteiger partial charge in [0, 0.05) is 19.2 Å². The van der Waals surface area contributed by atoms with Crippen LogP contribution in [0.4, 0.5) is 5.69 Å². The predicted molar refractivity (Wildman–Crippen MR) is 161 cm³/mol. The summed E-state index contributed by atoms with van der Waals surface area (Å²) in [6.45, 7) is 18.8. The Morgan fingerprint density at radius 1 is 0.972 bits per heavy atom. The number of benzene rings is 2. The molecule has 0 bridgehead atoms. The summed E-state index contributed by atoms with van der Waals surface area (Å²) in [5.41, 5.74) is 6.17. The molecule has 202 valence electrons. The van der Waals surface area contributed by atoms with Crippen molar-refractivity contribution in [2.75, 3.05) is 13.7 Å². The summed E-state index contributed by atoms with van der Waals surface area (Å²) in [6.07, 6.45) is 2.38. The van der Waals surface area contributed by atoms with Gasteiger partial charge in [0.15, 0.2) is 5.84 Å². The van der Waals surface area contributed by atoms with Crippen molar-refractivity contribution in [3.05, 3.63) is 71.8 Å². The van der Waals surface area contributed by atoms with Crippen LogP contribution in [0.15, 0.2) is 53.5 Å². The van der Waals surface area contributed by atoms with Crippen LogP contribution in [0.25, 0.3) is 0 Å². The number of amidine groups is 1. The molecule has 0 saturated carbocycles. The minimum absolute atomic E-state index is 0.453. The van der Waals surface area contributed by atoms with Crippen LogP contribution in [0, 0.1) is 13.5 Å². The number of hydrogen-bond donors (Lipinski definition) is 0. The maximum absolute atomic E-state index is 5.23. The molecule has 2 aromatic rings. The molecule has 0 aliphatic carbocycles. The van der Waals surface area contributed by atoms with Crippen molar-refractivity contribution in [1.82, 2.24) is 4.67 Å². The summed E-state index contributed by atoms with van der Waals surface area (Å²) in [5.74, 6) is 1.55. The van der Waals surface area contributed by atoms with E-state index < -0.39 is 19.5 Å². The third-order valence-electron chi connectivity index (χ3n) is 5.68. The van der Waals surface area contributed by atoms with E-state index in [-0.39, 0.29) is 0 Å². The number of aliphatic imine (C=N–C) groups is 1. The molecule has 3 nitrogen and oxygen atoms in total. The van der Waals surface area contributed by atoms with E-state index in [0.29, 0.717) is 17.2 Å². The van der Waals surface area contributed by atoms with E-state index in [0.717, 1.165) is 24.6 Å². The normalized spacial score (nSPS) is 13.7. The van der Waals surface area contributed by atoms with Crippen LogP contribution in [-0.2, 0) is 16.1 Å². The first-order valence-electron chi connectivity index (χ1n) is 12.5. The number of nitrogens with zero attached hydrogens (tertiary/aromatic N) is 2. The van der Waals surface area contributed by atoms with Crippen molar-refractivity contribution >= 4 is 49.7 Å². The number of ether oxygens (including phenoxy) is 1. The Balaban J connectivity index is 0.000000606. The fourth-order valence-electron chi connectivity index (χ4n) is 4.21. The molecule has 0 amide bonds. The maximum atomic E-state index is 5.23. The zero-order chi connectivity index (χ0) is 27.3. The van der Waals surface area contributed by atoms with Gasteiger partial charge in [-0.2, -0.15) is 6.42 Å². The van der Waals surface area contributed by atoms with Gasteiger partial charge in [-0.05, 0) is 52.2 Å². The molecule has 1 saturated heterocycles. The average molecular weight is 613 g/mol. The Kier molecular flexibility index (Phi) is 16.9.